The van der Waals surface area contributed by atoms with Crippen molar-refractivity contribution in [2.24, 2.45) is 5.41 Å². The van der Waals surface area contributed by atoms with Crippen molar-refractivity contribution >= 4 is 11.8 Å². The number of esters is 1. The average Bonchev–Trinajstić information content (AvgIpc) is 2.76. The van der Waals surface area contributed by atoms with Crippen molar-refractivity contribution in [1.82, 2.24) is 0 Å². The molecule has 2 rings (SSSR count). The van der Waals surface area contributed by atoms with Gasteiger partial charge in [-0.2, -0.15) is 0 Å². The van der Waals surface area contributed by atoms with Gasteiger partial charge < -0.3 is 4.74 Å². The largest absolute Gasteiger partial charge is 0.462 e. The lowest BCUT2D eigenvalue weighted by Crippen LogP contribution is -2.22. The summed E-state index contributed by atoms with van der Waals surface area (Å²) in [5, 5.41) is 0. The Labute approximate surface area is 194 Å². The summed E-state index contributed by atoms with van der Waals surface area (Å²) < 4.78 is 20.7. The van der Waals surface area contributed by atoms with Crippen molar-refractivity contribution < 1.29 is 13.9 Å². The van der Waals surface area contributed by atoms with Crippen LogP contribution >= 0.6 is 0 Å². The summed E-state index contributed by atoms with van der Waals surface area (Å²) in [4.78, 5) is 12.3. The van der Waals surface area contributed by atoms with Crippen LogP contribution in [0.3, 0.4) is 0 Å². The highest BCUT2D eigenvalue weighted by Crippen LogP contribution is 2.46. The molecule has 1 aliphatic rings. The number of allylic oxidation sites excluding steroid dienone is 4. The molecule has 0 aliphatic heterocycles. The van der Waals surface area contributed by atoms with Gasteiger partial charge in [-0.25, -0.2) is 9.18 Å². The number of unbranched alkanes of at least 4 members (excludes halogenated alkanes) is 5. The van der Waals surface area contributed by atoms with Crippen molar-refractivity contribution in [3.8, 4) is 0 Å². The topological polar surface area (TPSA) is 26.3 Å². The fourth-order valence-corrected chi connectivity index (χ4v) is 4.71. The Morgan fingerprint density at radius 1 is 1.06 bits per heavy atom. The first kappa shape index (κ1) is 26.1. The molecular weight excluding hydrogens is 399 g/mol. The molecule has 32 heavy (non-hydrogen) atoms. The molecule has 0 fully saturated rings. The van der Waals surface area contributed by atoms with Crippen LogP contribution in [0.2, 0.25) is 0 Å². The Hall–Kier alpha value is -2.16. The number of rotatable bonds is 11. The minimum absolute atomic E-state index is 0.00454. The first-order valence-electron chi connectivity index (χ1n) is 12.2. The predicted octanol–water partition coefficient (Wildman–Crippen LogP) is 8.99. The van der Waals surface area contributed by atoms with E-state index in [-0.39, 0.29) is 17.2 Å². The minimum Gasteiger partial charge on any atom is -0.462 e. The third-order valence-electron chi connectivity index (χ3n) is 6.65. The van der Waals surface area contributed by atoms with Gasteiger partial charge in [0, 0.05) is 5.56 Å². The van der Waals surface area contributed by atoms with E-state index in [1.807, 2.05) is 0 Å². The molecule has 0 atom stereocenters. The SMILES string of the molecule is C=C(C1=C(C)CCCC1(C)C)/C(C)=C(\F)c1ccc(C(=O)OCCCCCCCC)cc1. The van der Waals surface area contributed by atoms with Crippen molar-refractivity contribution in [2.45, 2.75) is 92.4 Å². The van der Waals surface area contributed by atoms with Gasteiger partial charge in [-0.1, -0.05) is 77.2 Å². The van der Waals surface area contributed by atoms with E-state index in [0.29, 0.717) is 23.3 Å². The van der Waals surface area contributed by atoms with Crippen molar-refractivity contribution in [3.63, 3.8) is 0 Å². The Kier molecular flexibility index (Phi) is 9.93. The van der Waals surface area contributed by atoms with Gasteiger partial charge in [0.15, 0.2) is 0 Å². The molecule has 0 heterocycles. The Balaban J connectivity index is 2.01. The van der Waals surface area contributed by atoms with Gasteiger partial charge in [0.1, 0.15) is 5.83 Å². The molecule has 0 unspecified atom stereocenters. The average molecular weight is 441 g/mol. The number of benzene rings is 1. The highest BCUT2D eigenvalue weighted by Gasteiger charge is 2.31. The Bertz CT molecular complexity index is 856. The van der Waals surface area contributed by atoms with Crippen LogP contribution < -0.4 is 0 Å². The highest BCUT2D eigenvalue weighted by atomic mass is 19.1. The maximum atomic E-state index is 15.3. The van der Waals surface area contributed by atoms with E-state index >= 15 is 4.39 Å². The van der Waals surface area contributed by atoms with E-state index < -0.39 is 0 Å². The summed E-state index contributed by atoms with van der Waals surface area (Å²) in [5.41, 5.74) is 4.76. The van der Waals surface area contributed by atoms with Gasteiger partial charge in [-0.3, -0.25) is 0 Å². The predicted molar refractivity (Wildman–Crippen MR) is 133 cm³/mol. The van der Waals surface area contributed by atoms with Crippen LogP contribution in [0.15, 0.2) is 53.1 Å². The van der Waals surface area contributed by atoms with Crippen LogP contribution in [0.1, 0.15) is 108 Å². The fraction of sp³-hybridized carbons (Fsp3) is 0.552. The first-order valence-corrected chi connectivity index (χ1v) is 12.2. The summed E-state index contributed by atoms with van der Waals surface area (Å²) >= 11 is 0. The van der Waals surface area contributed by atoms with Gasteiger partial charge >= 0.3 is 5.97 Å². The molecule has 3 heteroatoms. The van der Waals surface area contributed by atoms with Crippen LogP contribution in [0.4, 0.5) is 4.39 Å². The smallest absolute Gasteiger partial charge is 0.338 e. The highest BCUT2D eigenvalue weighted by molar-refractivity contribution is 5.89. The van der Waals surface area contributed by atoms with Crippen LogP contribution in [0.25, 0.3) is 5.83 Å². The summed E-state index contributed by atoms with van der Waals surface area (Å²) in [5.74, 6) is -0.635. The summed E-state index contributed by atoms with van der Waals surface area (Å²) in [7, 11) is 0. The van der Waals surface area contributed by atoms with Crippen LogP contribution in [0.5, 0.6) is 0 Å². The lowest BCUT2D eigenvalue weighted by atomic mass is 9.69. The quantitative estimate of drug-likeness (QED) is 0.195. The monoisotopic (exact) mass is 440 g/mol. The van der Waals surface area contributed by atoms with Gasteiger partial charge in [-0.05, 0) is 73.8 Å². The zero-order valence-corrected chi connectivity index (χ0v) is 20.8. The zero-order valence-electron chi connectivity index (χ0n) is 20.8. The standard InChI is InChI=1S/C29H41FO2/c1-7-8-9-10-11-12-20-32-28(31)25-17-15-24(16-18-25)27(30)23(4)22(3)26-21(2)14-13-19-29(26,5)6/h15-18H,3,7-14,19-20H2,1-2,4-6H3/b27-23-. The lowest BCUT2D eigenvalue weighted by Gasteiger charge is -2.36. The van der Waals surface area contributed by atoms with Gasteiger partial charge in [0.05, 0.1) is 12.2 Å². The molecule has 0 spiro atoms. The lowest BCUT2D eigenvalue weighted by molar-refractivity contribution is 0.0497. The molecule has 0 saturated carbocycles. The number of carbonyl (C=O) groups excluding carboxylic acids is 1. The molecule has 0 saturated heterocycles. The third-order valence-corrected chi connectivity index (χ3v) is 6.65. The van der Waals surface area contributed by atoms with Crippen LogP contribution in [0, 0.1) is 5.41 Å². The minimum atomic E-state index is -0.347. The Morgan fingerprint density at radius 2 is 1.66 bits per heavy atom. The van der Waals surface area contributed by atoms with E-state index in [1.165, 1.54) is 36.8 Å². The summed E-state index contributed by atoms with van der Waals surface area (Å²) in [6, 6.07) is 6.59. The van der Waals surface area contributed by atoms with Crippen molar-refractivity contribution in [3.05, 3.63) is 64.3 Å². The first-order chi connectivity index (χ1) is 15.2. The molecule has 1 aromatic rings. The van der Waals surface area contributed by atoms with E-state index in [1.54, 1.807) is 31.2 Å². The normalized spacial score (nSPS) is 16.6. The zero-order chi connectivity index (χ0) is 23.7. The molecule has 0 radical (unpaired) electrons. The second-order valence-electron chi connectivity index (χ2n) is 9.79. The molecule has 0 aromatic heterocycles. The number of carbonyl (C=O) groups is 1. The number of hydrogen-bond donors (Lipinski definition) is 0. The summed E-state index contributed by atoms with van der Waals surface area (Å²) in [6.45, 7) is 15.2. The molecule has 176 valence electrons. The maximum absolute atomic E-state index is 15.3. The molecule has 1 aromatic carbocycles. The molecule has 0 bridgehead atoms. The van der Waals surface area contributed by atoms with Gasteiger partial charge in [-0.15, -0.1) is 0 Å². The Morgan fingerprint density at radius 3 is 2.28 bits per heavy atom. The molecule has 1 aliphatic carbocycles. The summed E-state index contributed by atoms with van der Waals surface area (Å²) in [6.07, 6.45) is 10.2. The van der Waals surface area contributed by atoms with E-state index in [9.17, 15) is 4.79 Å². The molecular formula is C29H41FO2. The van der Waals surface area contributed by atoms with E-state index in [0.717, 1.165) is 37.7 Å². The number of hydrogen-bond acceptors (Lipinski definition) is 2. The molecule has 0 amide bonds. The van der Waals surface area contributed by atoms with Gasteiger partial charge in [0.25, 0.3) is 0 Å². The second-order valence-corrected chi connectivity index (χ2v) is 9.79. The number of halogens is 1. The van der Waals surface area contributed by atoms with Crippen molar-refractivity contribution in [2.75, 3.05) is 6.61 Å². The number of ether oxygens (including phenoxy) is 1. The molecule has 2 nitrogen and oxygen atoms in total. The van der Waals surface area contributed by atoms with E-state index in [2.05, 4.69) is 34.3 Å². The molecule has 0 N–H and O–H groups in total. The van der Waals surface area contributed by atoms with Gasteiger partial charge in [0.2, 0.25) is 0 Å². The fourth-order valence-electron chi connectivity index (χ4n) is 4.71. The van der Waals surface area contributed by atoms with Crippen LogP contribution in [-0.2, 0) is 4.74 Å². The third kappa shape index (κ3) is 6.92. The van der Waals surface area contributed by atoms with Crippen molar-refractivity contribution in [1.29, 1.82) is 0 Å². The maximum Gasteiger partial charge on any atom is 0.338 e. The van der Waals surface area contributed by atoms with E-state index in [4.69, 9.17) is 4.74 Å². The van der Waals surface area contributed by atoms with Crippen LogP contribution in [-0.4, -0.2) is 12.6 Å². The second kappa shape index (κ2) is 12.2.